The highest BCUT2D eigenvalue weighted by molar-refractivity contribution is 5.96. The van der Waals surface area contributed by atoms with E-state index in [-0.39, 0.29) is 5.76 Å². The summed E-state index contributed by atoms with van der Waals surface area (Å²) in [6, 6.07) is 9.62. The first kappa shape index (κ1) is 12.9. The molecule has 1 heterocycles. The smallest absolute Gasteiger partial charge is 0.288 e. The highest BCUT2D eigenvalue weighted by Gasteiger charge is 2.22. The maximum atomic E-state index is 12.0. The molecule has 0 spiro atoms. The van der Waals surface area contributed by atoms with Crippen LogP contribution in [0.5, 0.6) is 0 Å². The van der Waals surface area contributed by atoms with Crippen molar-refractivity contribution in [2.45, 2.75) is 13.0 Å². The van der Waals surface area contributed by atoms with Gasteiger partial charge in [0.15, 0.2) is 5.76 Å². The van der Waals surface area contributed by atoms with Gasteiger partial charge < -0.3 is 15.5 Å². The van der Waals surface area contributed by atoms with Crippen molar-refractivity contribution in [1.29, 1.82) is 0 Å². The molecule has 0 aliphatic carbocycles. The molecular weight excluding hydrogens is 244 g/mol. The Hall–Kier alpha value is -2.56. The number of carbonyl (C=O) groups is 2. The second kappa shape index (κ2) is 5.39. The van der Waals surface area contributed by atoms with E-state index in [0.29, 0.717) is 11.1 Å². The summed E-state index contributed by atoms with van der Waals surface area (Å²) in [4.78, 5) is 23.5. The van der Waals surface area contributed by atoms with Crippen molar-refractivity contribution in [2.75, 3.05) is 0 Å². The number of furan rings is 1. The van der Waals surface area contributed by atoms with Gasteiger partial charge in [-0.3, -0.25) is 9.59 Å². The lowest BCUT2D eigenvalue weighted by molar-refractivity contribution is -0.120. The summed E-state index contributed by atoms with van der Waals surface area (Å²) < 4.78 is 5.08. The van der Waals surface area contributed by atoms with Gasteiger partial charge in [-0.2, -0.15) is 0 Å². The largest absolute Gasteiger partial charge is 0.459 e. The van der Waals surface area contributed by atoms with Crippen molar-refractivity contribution in [2.24, 2.45) is 5.73 Å². The number of primary amides is 1. The highest BCUT2D eigenvalue weighted by atomic mass is 16.3. The van der Waals surface area contributed by atoms with Crippen molar-refractivity contribution >= 4 is 11.8 Å². The van der Waals surface area contributed by atoms with E-state index in [9.17, 15) is 9.59 Å². The fourth-order valence-electron chi connectivity index (χ4n) is 1.77. The van der Waals surface area contributed by atoms with Gasteiger partial charge in [0.1, 0.15) is 6.04 Å². The quantitative estimate of drug-likeness (QED) is 0.872. The standard InChI is InChI=1S/C14H14N2O3/c1-9-7-8-19-12(9)14(18)16-11(13(15)17)10-5-3-2-4-6-10/h2-8,11H,1H3,(H2,15,17)(H,16,18). The number of aryl methyl sites for hydroxylation is 1. The lowest BCUT2D eigenvalue weighted by atomic mass is 10.1. The normalized spacial score (nSPS) is 11.8. The first-order valence-electron chi connectivity index (χ1n) is 5.79. The third-order valence-corrected chi connectivity index (χ3v) is 2.76. The third-order valence-electron chi connectivity index (χ3n) is 2.76. The molecule has 19 heavy (non-hydrogen) atoms. The van der Waals surface area contributed by atoms with Crippen LogP contribution < -0.4 is 11.1 Å². The number of carbonyl (C=O) groups excluding carboxylic acids is 2. The van der Waals surface area contributed by atoms with Gasteiger partial charge in [0.25, 0.3) is 5.91 Å². The fourth-order valence-corrected chi connectivity index (χ4v) is 1.77. The molecule has 0 bridgehead atoms. The Balaban J connectivity index is 2.21. The minimum Gasteiger partial charge on any atom is -0.459 e. The molecular formula is C14H14N2O3. The summed E-state index contributed by atoms with van der Waals surface area (Å²) in [5, 5.41) is 2.57. The van der Waals surface area contributed by atoms with Crippen LogP contribution >= 0.6 is 0 Å². The predicted octanol–water partition coefficient (Wildman–Crippen LogP) is 1.54. The van der Waals surface area contributed by atoms with Crippen LogP contribution in [-0.4, -0.2) is 11.8 Å². The van der Waals surface area contributed by atoms with E-state index in [1.165, 1.54) is 6.26 Å². The monoisotopic (exact) mass is 258 g/mol. The highest BCUT2D eigenvalue weighted by Crippen LogP contribution is 2.15. The van der Waals surface area contributed by atoms with E-state index in [0.717, 1.165) is 0 Å². The Bertz CT molecular complexity index is 590. The Morgan fingerprint density at radius 2 is 1.89 bits per heavy atom. The molecule has 98 valence electrons. The van der Waals surface area contributed by atoms with Crippen molar-refractivity contribution in [1.82, 2.24) is 5.32 Å². The number of benzene rings is 1. The van der Waals surface area contributed by atoms with E-state index in [4.69, 9.17) is 10.2 Å². The van der Waals surface area contributed by atoms with E-state index in [1.807, 2.05) is 6.07 Å². The topological polar surface area (TPSA) is 85.3 Å². The average Bonchev–Trinajstić information content (AvgIpc) is 2.82. The Morgan fingerprint density at radius 3 is 2.42 bits per heavy atom. The van der Waals surface area contributed by atoms with E-state index in [2.05, 4.69) is 5.32 Å². The van der Waals surface area contributed by atoms with E-state index in [1.54, 1.807) is 37.3 Å². The number of rotatable bonds is 4. The van der Waals surface area contributed by atoms with Crippen LogP contribution in [-0.2, 0) is 4.79 Å². The van der Waals surface area contributed by atoms with Crippen LogP contribution in [0.3, 0.4) is 0 Å². The second-order valence-electron chi connectivity index (χ2n) is 4.15. The van der Waals surface area contributed by atoms with Gasteiger partial charge >= 0.3 is 0 Å². The molecule has 5 heteroatoms. The second-order valence-corrected chi connectivity index (χ2v) is 4.15. The van der Waals surface area contributed by atoms with Crippen LogP contribution in [0.25, 0.3) is 0 Å². The Labute approximate surface area is 110 Å². The number of nitrogens with one attached hydrogen (secondary N) is 1. The molecule has 5 nitrogen and oxygen atoms in total. The van der Waals surface area contributed by atoms with Crippen molar-refractivity contribution in [3.63, 3.8) is 0 Å². The number of hydrogen-bond donors (Lipinski definition) is 2. The number of hydrogen-bond acceptors (Lipinski definition) is 3. The number of nitrogens with two attached hydrogens (primary N) is 1. The molecule has 1 atom stereocenters. The average molecular weight is 258 g/mol. The molecule has 0 fully saturated rings. The van der Waals surface area contributed by atoms with Gasteiger partial charge in [-0.05, 0) is 18.6 Å². The van der Waals surface area contributed by atoms with Crippen molar-refractivity contribution in [3.8, 4) is 0 Å². The molecule has 2 rings (SSSR count). The summed E-state index contributed by atoms with van der Waals surface area (Å²) in [5.74, 6) is -0.902. The summed E-state index contributed by atoms with van der Waals surface area (Å²) in [6.07, 6.45) is 1.42. The minimum atomic E-state index is -0.877. The molecule has 2 aromatic rings. The van der Waals surface area contributed by atoms with E-state index < -0.39 is 17.9 Å². The summed E-state index contributed by atoms with van der Waals surface area (Å²) in [6.45, 7) is 1.75. The maximum absolute atomic E-state index is 12.0. The third kappa shape index (κ3) is 2.82. The molecule has 1 aromatic carbocycles. The summed E-state index contributed by atoms with van der Waals surface area (Å²) in [7, 11) is 0. The zero-order valence-electron chi connectivity index (χ0n) is 10.4. The predicted molar refractivity (Wildman–Crippen MR) is 69.3 cm³/mol. The lowest BCUT2D eigenvalue weighted by Crippen LogP contribution is -2.37. The van der Waals surface area contributed by atoms with Gasteiger partial charge in [-0.15, -0.1) is 0 Å². The van der Waals surface area contributed by atoms with Gasteiger partial charge in [0.2, 0.25) is 5.91 Å². The molecule has 1 aromatic heterocycles. The van der Waals surface area contributed by atoms with Crippen LogP contribution in [0.15, 0.2) is 47.1 Å². The SMILES string of the molecule is Cc1ccoc1C(=O)NC(C(N)=O)c1ccccc1. The van der Waals surface area contributed by atoms with Crippen LogP contribution in [0, 0.1) is 6.92 Å². The molecule has 0 saturated heterocycles. The first-order valence-corrected chi connectivity index (χ1v) is 5.79. The van der Waals surface area contributed by atoms with Crippen molar-refractivity contribution in [3.05, 3.63) is 59.5 Å². The Morgan fingerprint density at radius 1 is 1.21 bits per heavy atom. The van der Waals surface area contributed by atoms with Crippen LogP contribution in [0.4, 0.5) is 0 Å². The van der Waals surface area contributed by atoms with Gasteiger partial charge in [-0.1, -0.05) is 30.3 Å². The molecule has 0 aliphatic rings. The van der Waals surface area contributed by atoms with Gasteiger partial charge in [-0.25, -0.2) is 0 Å². The maximum Gasteiger partial charge on any atom is 0.288 e. The summed E-state index contributed by atoms with van der Waals surface area (Å²) >= 11 is 0. The summed E-state index contributed by atoms with van der Waals surface area (Å²) in [5.41, 5.74) is 6.66. The lowest BCUT2D eigenvalue weighted by Gasteiger charge is -2.15. The zero-order chi connectivity index (χ0) is 13.8. The molecule has 0 radical (unpaired) electrons. The molecule has 2 amide bonds. The van der Waals surface area contributed by atoms with E-state index >= 15 is 0 Å². The van der Waals surface area contributed by atoms with Gasteiger partial charge in [0.05, 0.1) is 6.26 Å². The molecule has 1 unspecified atom stereocenters. The Kier molecular flexibility index (Phi) is 3.66. The molecule has 3 N–H and O–H groups in total. The zero-order valence-corrected chi connectivity index (χ0v) is 10.4. The molecule has 0 aliphatic heterocycles. The van der Waals surface area contributed by atoms with Crippen LogP contribution in [0.1, 0.15) is 27.7 Å². The van der Waals surface area contributed by atoms with Crippen molar-refractivity contribution < 1.29 is 14.0 Å². The minimum absolute atomic E-state index is 0.183. The fraction of sp³-hybridized carbons (Fsp3) is 0.143. The number of amides is 2. The molecule has 0 saturated carbocycles. The van der Waals surface area contributed by atoms with Gasteiger partial charge in [0, 0.05) is 5.56 Å². The van der Waals surface area contributed by atoms with Crippen LogP contribution in [0.2, 0.25) is 0 Å². The first-order chi connectivity index (χ1) is 9.09.